The first-order chi connectivity index (χ1) is 16.6. The lowest BCUT2D eigenvalue weighted by atomic mass is 9.91. The van der Waals surface area contributed by atoms with E-state index in [-0.39, 0.29) is 6.61 Å². The smallest absolute Gasteiger partial charge is 0.150 e. The Morgan fingerprint density at radius 3 is 2.59 bits per heavy atom. The molecule has 0 saturated carbocycles. The molecule has 1 aliphatic carbocycles. The lowest BCUT2D eigenvalue weighted by molar-refractivity contribution is 0.0500. The highest BCUT2D eigenvalue weighted by atomic mass is 16.5. The number of rotatable bonds is 8. The summed E-state index contributed by atoms with van der Waals surface area (Å²) in [5, 5.41) is 9.98. The van der Waals surface area contributed by atoms with Crippen molar-refractivity contribution in [2.75, 3.05) is 45.8 Å². The van der Waals surface area contributed by atoms with Crippen LogP contribution in [0.25, 0.3) is 33.4 Å². The molecule has 4 rings (SSSR count). The maximum atomic E-state index is 11.6. The van der Waals surface area contributed by atoms with E-state index in [1.165, 1.54) is 0 Å². The fraction of sp³-hybridized carbons (Fsp3) is 0.259. The van der Waals surface area contributed by atoms with E-state index in [0.717, 1.165) is 33.7 Å². The molecule has 0 unspecified atom stereocenters. The van der Waals surface area contributed by atoms with Crippen LogP contribution in [0.4, 0.5) is 5.69 Å². The first kappa shape index (κ1) is 25.1. The third-order valence-corrected chi connectivity index (χ3v) is 5.09. The summed E-state index contributed by atoms with van der Waals surface area (Å²) in [6.07, 6.45) is 0.884. The van der Waals surface area contributed by atoms with Gasteiger partial charge in [-0.1, -0.05) is 24.3 Å². The second kappa shape index (κ2) is 12.6. The maximum Gasteiger partial charge on any atom is 0.150 e. The fourth-order valence-electron chi connectivity index (χ4n) is 3.60. The van der Waals surface area contributed by atoms with Gasteiger partial charge in [0.2, 0.25) is 0 Å². The summed E-state index contributed by atoms with van der Waals surface area (Å²) in [5.74, 6) is 0.716. The number of aliphatic hydroxyl groups is 1. The molecule has 0 radical (unpaired) electrons. The van der Waals surface area contributed by atoms with Gasteiger partial charge >= 0.3 is 0 Å². The minimum atomic E-state index is 0.0870. The van der Waals surface area contributed by atoms with Crippen LogP contribution in [0.5, 0.6) is 0 Å². The van der Waals surface area contributed by atoms with Gasteiger partial charge in [0.25, 0.3) is 0 Å². The molecule has 0 saturated heterocycles. The summed E-state index contributed by atoms with van der Waals surface area (Å²) in [6, 6.07) is 19.1. The summed E-state index contributed by atoms with van der Waals surface area (Å²) < 4.78 is 15.7. The van der Waals surface area contributed by atoms with E-state index in [1.807, 2.05) is 67.6 Å². The summed E-state index contributed by atoms with van der Waals surface area (Å²) in [6.45, 7) is 4.35. The zero-order chi connectivity index (χ0) is 24.3. The van der Waals surface area contributed by atoms with E-state index in [2.05, 4.69) is 9.73 Å². The van der Waals surface area contributed by atoms with Crippen molar-refractivity contribution in [3.05, 3.63) is 71.6 Å². The van der Waals surface area contributed by atoms with Crippen molar-refractivity contribution in [1.82, 2.24) is 0 Å². The van der Waals surface area contributed by atoms with Crippen molar-refractivity contribution >= 4 is 22.9 Å². The highest BCUT2D eigenvalue weighted by Gasteiger charge is 2.18. The number of aldehydes is 1. The second-order valence-electron chi connectivity index (χ2n) is 7.42. The molecule has 2 aromatic rings. The molecule has 1 heterocycles. The number of aliphatic hydroxyl groups excluding tert-OH is 1. The third kappa shape index (κ3) is 6.08. The van der Waals surface area contributed by atoms with Crippen LogP contribution >= 0.6 is 0 Å². The number of nitrogens with zero attached hydrogens (tertiary/aromatic N) is 1. The predicted molar refractivity (Wildman–Crippen MR) is 134 cm³/mol. The van der Waals surface area contributed by atoms with Crippen LogP contribution in [-0.4, -0.2) is 51.5 Å². The Morgan fingerprint density at radius 1 is 1.03 bits per heavy atom. The standard InChI is InChI=1S/C22H18N2O2.C5H12O3/c1-2-24-16-8-10-19-21(12-16)26-20-11-15(23)7-9-18(20)22(19)17-6-4-3-5-14(17)13-25;1-7-4-5-8-3-2-6/h3-13H,2,23H2,1H3;6H,2-5H2,1H3. The van der Waals surface area contributed by atoms with E-state index in [4.69, 9.17) is 20.0 Å². The van der Waals surface area contributed by atoms with Gasteiger partial charge in [0.1, 0.15) is 11.3 Å². The van der Waals surface area contributed by atoms with E-state index < -0.39 is 0 Å². The number of carbonyl (C=O) groups is 1. The first-order valence-electron chi connectivity index (χ1n) is 11.1. The molecule has 3 N–H and O–H groups in total. The Kier molecular flexibility index (Phi) is 9.34. The number of nitrogen functional groups attached to an aromatic ring is 1. The topological polar surface area (TPSA) is 107 Å². The number of benzene rings is 3. The fourth-order valence-corrected chi connectivity index (χ4v) is 3.60. The van der Waals surface area contributed by atoms with E-state index >= 15 is 0 Å². The molecular formula is C27H30N2O5. The van der Waals surface area contributed by atoms with Gasteiger partial charge in [-0.3, -0.25) is 9.79 Å². The number of ether oxygens (including phenoxy) is 2. The predicted octanol–water partition coefficient (Wildman–Crippen LogP) is 4.16. The van der Waals surface area contributed by atoms with Crippen LogP contribution in [0.1, 0.15) is 17.3 Å². The lowest BCUT2D eigenvalue weighted by Gasteiger charge is -2.16. The number of hydrogen-bond acceptors (Lipinski definition) is 7. The number of hydrogen-bond donors (Lipinski definition) is 2. The summed E-state index contributed by atoms with van der Waals surface area (Å²) in [4.78, 5) is 16.1. The molecule has 0 amide bonds. The number of methoxy groups -OCH3 is 1. The zero-order valence-electron chi connectivity index (χ0n) is 19.5. The third-order valence-electron chi connectivity index (χ3n) is 5.09. The molecule has 34 heavy (non-hydrogen) atoms. The summed E-state index contributed by atoms with van der Waals surface area (Å²) in [5.41, 5.74) is 10.7. The van der Waals surface area contributed by atoms with Crippen LogP contribution in [0, 0.1) is 0 Å². The normalized spacial score (nSPS) is 11.4. The van der Waals surface area contributed by atoms with Crippen molar-refractivity contribution in [2.45, 2.75) is 6.92 Å². The van der Waals surface area contributed by atoms with Crippen molar-refractivity contribution in [3.63, 3.8) is 0 Å². The Bertz CT molecular complexity index is 1260. The van der Waals surface area contributed by atoms with Gasteiger partial charge in [-0.05, 0) is 36.8 Å². The van der Waals surface area contributed by atoms with Gasteiger partial charge in [-0.2, -0.15) is 0 Å². The first-order valence-corrected chi connectivity index (χ1v) is 11.1. The van der Waals surface area contributed by atoms with Gasteiger partial charge in [0.15, 0.2) is 6.29 Å². The zero-order valence-corrected chi connectivity index (χ0v) is 19.5. The molecule has 178 valence electrons. The average molecular weight is 463 g/mol. The van der Waals surface area contributed by atoms with Crippen molar-refractivity contribution in [1.29, 1.82) is 0 Å². The van der Waals surface area contributed by atoms with E-state index in [0.29, 0.717) is 49.0 Å². The SMILES string of the molecule is CCN=c1ccc2c(-c3ccccc3C=O)c3ccc(N)cc3oc-2c1.COCCOCCO. The van der Waals surface area contributed by atoms with Crippen molar-refractivity contribution in [3.8, 4) is 22.5 Å². The quantitative estimate of drug-likeness (QED) is 0.176. The molecule has 0 aromatic heterocycles. The Morgan fingerprint density at radius 2 is 1.85 bits per heavy atom. The molecule has 7 heteroatoms. The largest absolute Gasteiger partial charge is 0.456 e. The van der Waals surface area contributed by atoms with E-state index in [9.17, 15) is 4.79 Å². The molecule has 2 aliphatic rings. The average Bonchev–Trinajstić information content (AvgIpc) is 2.85. The molecular weight excluding hydrogens is 432 g/mol. The highest BCUT2D eigenvalue weighted by Crippen LogP contribution is 2.41. The summed E-state index contributed by atoms with van der Waals surface area (Å²) in [7, 11) is 1.61. The molecule has 7 nitrogen and oxygen atoms in total. The molecule has 1 aliphatic heterocycles. The number of anilines is 1. The molecule has 0 fully saturated rings. The Balaban J connectivity index is 0.000000350. The number of carbonyl (C=O) groups excluding carboxylic acids is 1. The monoisotopic (exact) mass is 462 g/mol. The maximum absolute atomic E-state index is 11.6. The molecule has 0 spiro atoms. The highest BCUT2D eigenvalue weighted by molar-refractivity contribution is 6.05. The van der Waals surface area contributed by atoms with Gasteiger partial charge in [-0.15, -0.1) is 0 Å². The van der Waals surface area contributed by atoms with Crippen LogP contribution in [0.3, 0.4) is 0 Å². The van der Waals surface area contributed by atoms with Gasteiger partial charge in [0.05, 0.1) is 31.8 Å². The van der Waals surface area contributed by atoms with Gasteiger partial charge < -0.3 is 24.7 Å². The minimum Gasteiger partial charge on any atom is -0.456 e. The van der Waals surface area contributed by atoms with Crippen LogP contribution < -0.4 is 11.1 Å². The van der Waals surface area contributed by atoms with Crippen molar-refractivity contribution in [2.24, 2.45) is 4.99 Å². The molecule has 2 aromatic carbocycles. The van der Waals surface area contributed by atoms with Crippen molar-refractivity contribution < 1.29 is 23.8 Å². The lowest BCUT2D eigenvalue weighted by Crippen LogP contribution is -2.05. The van der Waals surface area contributed by atoms with Crippen LogP contribution in [0.2, 0.25) is 0 Å². The molecule has 0 atom stereocenters. The summed E-state index contributed by atoms with van der Waals surface area (Å²) >= 11 is 0. The van der Waals surface area contributed by atoms with Gasteiger partial charge in [-0.25, -0.2) is 0 Å². The van der Waals surface area contributed by atoms with Crippen LogP contribution in [0.15, 0.2) is 70.1 Å². The van der Waals surface area contributed by atoms with E-state index in [1.54, 1.807) is 7.11 Å². The van der Waals surface area contributed by atoms with Crippen LogP contribution in [-0.2, 0) is 9.47 Å². The van der Waals surface area contributed by atoms with Gasteiger partial charge in [0, 0.05) is 53.6 Å². The Hall–Kier alpha value is -3.52. The second-order valence-corrected chi connectivity index (χ2v) is 7.42. The number of fused-ring (bicyclic) bond motifs is 2. The Labute approximate surface area is 198 Å². The minimum absolute atomic E-state index is 0.0870. The molecule has 0 bridgehead atoms. The number of nitrogens with two attached hydrogens (primary N) is 1.